The van der Waals surface area contributed by atoms with E-state index in [0.29, 0.717) is 6.04 Å². The fourth-order valence-electron chi connectivity index (χ4n) is 1.50. The first-order valence-electron chi connectivity index (χ1n) is 5.80. The highest BCUT2D eigenvalue weighted by Crippen LogP contribution is 2.21. The first-order valence-corrected chi connectivity index (χ1v) is 8.63. The summed E-state index contributed by atoms with van der Waals surface area (Å²) in [5.74, 6) is 2.42. The molecule has 0 aliphatic carbocycles. The molecule has 0 bridgehead atoms. The van der Waals surface area contributed by atoms with Crippen molar-refractivity contribution in [2.24, 2.45) is 0 Å². The van der Waals surface area contributed by atoms with Crippen LogP contribution in [0.2, 0.25) is 0 Å². The molecule has 0 aliphatic heterocycles. The van der Waals surface area contributed by atoms with Gasteiger partial charge in [0.2, 0.25) is 0 Å². The largest absolute Gasteiger partial charge is 0.313 e. The van der Waals surface area contributed by atoms with Gasteiger partial charge in [-0.1, -0.05) is 13.8 Å². The standard InChI is InChI=1S/C12H20BrNS2/c1-3-5-14-11(9-15-4-2)7-12-6-10(13)8-16-12/h6,8,11,14H,3-5,7,9H2,1-2H3. The summed E-state index contributed by atoms with van der Waals surface area (Å²) in [4.78, 5) is 1.47. The predicted octanol–water partition coefficient (Wildman–Crippen LogP) is 4.17. The highest BCUT2D eigenvalue weighted by atomic mass is 79.9. The van der Waals surface area contributed by atoms with Gasteiger partial charge in [-0.05, 0) is 47.1 Å². The fraction of sp³-hybridized carbons (Fsp3) is 0.667. The number of thioether (sulfide) groups is 1. The molecule has 0 fully saturated rings. The zero-order valence-electron chi connectivity index (χ0n) is 9.96. The first-order chi connectivity index (χ1) is 7.76. The maximum atomic E-state index is 3.63. The van der Waals surface area contributed by atoms with E-state index in [2.05, 4.69) is 46.5 Å². The lowest BCUT2D eigenvalue weighted by molar-refractivity contribution is 0.553. The predicted molar refractivity (Wildman–Crippen MR) is 80.8 cm³/mol. The van der Waals surface area contributed by atoms with Crippen molar-refractivity contribution in [3.05, 3.63) is 20.8 Å². The lowest BCUT2D eigenvalue weighted by atomic mass is 10.2. The minimum Gasteiger partial charge on any atom is -0.313 e. The van der Waals surface area contributed by atoms with Crippen LogP contribution in [0.15, 0.2) is 15.9 Å². The fourth-order valence-corrected chi connectivity index (χ4v) is 3.79. The Hall–Kier alpha value is 0.490. The Bertz CT molecular complexity index is 280. The highest BCUT2D eigenvalue weighted by molar-refractivity contribution is 9.10. The average Bonchev–Trinajstić information content (AvgIpc) is 2.68. The van der Waals surface area contributed by atoms with E-state index >= 15 is 0 Å². The molecule has 92 valence electrons. The van der Waals surface area contributed by atoms with Gasteiger partial charge < -0.3 is 5.32 Å². The van der Waals surface area contributed by atoms with Crippen molar-refractivity contribution in [1.82, 2.24) is 5.32 Å². The zero-order valence-corrected chi connectivity index (χ0v) is 13.2. The number of nitrogens with one attached hydrogen (secondary N) is 1. The van der Waals surface area contributed by atoms with Crippen molar-refractivity contribution in [3.63, 3.8) is 0 Å². The Morgan fingerprint density at radius 1 is 1.50 bits per heavy atom. The third-order valence-electron chi connectivity index (χ3n) is 2.28. The van der Waals surface area contributed by atoms with Crippen LogP contribution in [0.3, 0.4) is 0 Å². The molecule has 1 N–H and O–H groups in total. The van der Waals surface area contributed by atoms with Crippen LogP contribution in [0.5, 0.6) is 0 Å². The van der Waals surface area contributed by atoms with Gasteiger partial charge in [-0.3, -0.25) is 0 Å². The Balaban J connectivity index is 2.41. The third-order valence-corrected chi connectivity index (χ3v) is 5.04. The molecule has 0 saturated heterocycles. The average molecular weight is 322 g/mol. The summed E-state index contributed by atoms with van der Waals surface area (Å²) in [6.07, 6.45) is 2.37. The maximum absolute atomic E-state index is 3.63. The van der Waals surface area contributed by atoms with Crippen molar-refractivity contribution in [2.75, 3.05) is 18.1 Å². The van der Waals surface area contributed by atoms with Gasteiger partial charge >= 0.3 is 0 Å². The van der Waals surface area contributed by atoms with Crippen molar-refractivity contribution in [2.45, 2.75) is 32.7 Å². The Kier molecular flexibility index (Phi) is 7.79. The van der Waals surface area contributed by atoms with E-state index in [1.807, 2.05) is 23.1 Å². The molecule has 16 heavy (non-hydrogen) atoms. The maximum Gasteiger partial charge on any atom is 0.0285 e. The monoisotopic (exact) mass is 321 g/mol. The van der Waals surface area contributed by atoms with Gasteiger partial charge in [0.1, 0.15) is 0 Å². The third kappa shape index (κ3) is 5.71. The Morgan fingerprint density at radius 2 is 2.31 bits per heavy atom. The van der Waals surface area contributed by atoms with Gasteiger partial charge in [-0.2, -0.15) is 11.8 Å². The van der Waals surface area contributed by atoms with Crippen LogP contribution in [0.25, 0.3) is 0 Å². The molecule has 0 aliphatic rings. The smallest absolute Gasteiger partial charge is 0.0285 e. The molecule has 1 atom stereocenters. The Labute approximate surface area is 116 Å². The minimum atomic E-state index is 0.621. The summed E-state index contributed by atoms with van der Waals surface area (Å²) >= 11 is 7.38. The topological polar surface area (TPSA) is 12.0 Å². The summed E-state index contributed by atoms with van der Waals surface area (Å²) in [7, 11) is 0. The molecule has 4 heteroatoms. The highest BCUT2D eigenvalue weighted by Gasteiger charge is 2.09. The summed E-state index contributed by atoms with van der Waals surface area (Å²) in [5.41, 5.74) is 0. The van der Waals surface area contributed by atoms with Gasteiger partial charge in [0, 0.05) is 26.5 Å². The summed E-state index contributed by atoms with van der Waals surface area (Å²) in [6.45, 7) is 5.57. The normalized spacial score (nSPS) is 12.9. The van der Waals surface area contributed by atoms with Crippen molar-refractivity contribution >= 4 is 39.0 Å². The molecule has 1 aromatic rings. The van der Waals surface area contributed by atoms with E-state index in [1.165, 1.54) is 27.3 Å². The van der Waals surface area contributed by atoms with Crippen LogP contribution in [0.4, 0.5) is 0 Å². The number of halogens is 1. The summed E-state index contributed by atoms with van der Waals surface area (Å²) in [6, 6.07) is 2.86. The second-order valence-electron chi connectivity index (χ2n) is 3.75. The van der Waals surface area contributed by atoms with E-state index in [-0.39, 0.29) is 0 Å². The van der Waals surface area contributed by atoms with Crippen LogP contribution < -0.4 is 5.32 Å². The molecule has 1 nitrogen and oxygen atoms in total. The molecule has 0 aromatic carbocycles. The molecule has 0 amide bonds. The molecule has 1 rings (SSSR count). The summed E-state index contributed by atoms with van der Waals surface area (Å²) < 4.78 is 1.21. The van der Waals surface area contributed by atoms with Gasteiger partial charge in [-0.15, -0.1) is 11.3 Å². The van der Waals surface area contributed by atoms with Crippen molar-refractivity contribution in [3.8, 4) is 0 Å². The summed E-state index contributed by atoms with van der Waals surface area (Å²) in [5, 5.41) is 5.80. The lowest BCUT2D eigenvalue weighted by Gasteiger charge is -2.17. The van der Waals surface area contributed by atoms with Gasteiger partial charge in [0.05, 0.1) is 0 Å². The first kappa shape index (κ1) is 14.6. The van der Waals surface area contributed by atoms with Crippen molar-refractivity contribution in [1.29, 1.82) is 0 Å². The van der Waals surface area contributed by atoms with E-state index < -0.39 is 0 Å². The van der Waals surface area contributed by atoms with Crippen LogP contribution >= 0.6 is 39.0 Å². The molecule has 1 heterocycles. The van der Waals surface area contributed by atoms with Crippen LogP contribution in [0, 0.1) is 0 Å². The van der Waals surface area contributed by atoms with Crippen molar-refractivity contribution < 1.29 is 0 Å². The number of hydrogen-bond acceptors (Lipinski definition) is 3. The number of thiophene rings is 1. The molecular formula is C12H20BrNS2. The lowest BCUT2D eigenvalue weighted by Crippen LogP contribution is -2.33. The quantitative estimate of drug-likeness (QED) is 0.771. The molecule has 0 saturated carbocycles. The van der Waals surface area contributed by atoms with Gasteiger partial charge in [-0.25, -0.2) is 0 Å². The Morgan fingerprint density at radius 3 is 2.88 bits per heavy atom. The molecule has 0 radical (unpaired) electrons. The van der Waals surface area contributed by atoms with Gasteiger partial charge in [0.25, 0.3) is 0 Å². The van der Waals surface area contributed by atoms with Crippen LogP contribution in [-0.4, -0.2) is 24.1 Å². The second kappa shape index (κ2) is 8.56. The minimum absolute atomic E-state index is 0.621. The molecule has 1 unspecified atom stereocenters. The van der Waals surface area contributed by atoms with E-state index in [0.717, 1.165) is 13.0 Å². The van der Waals surface area contributed by atoms with E-state index in [4.69, 9.17) is 0 Å². The molecular weight excluding hydrogens is 302 g/mol. The zero-order chi connectivity index (χ0) is 11.8. The SMILES string of the molecule is CCCNC(CSCC)Cc1cc(Br)cs1. The van der Waals surface area contributed by atoms with E-state index in [9.17, 15) is 0 Å². The molecule has 0 spiro atoms. The molecule has 1 aromatic heterocycles. The number of rotatable bonds is 8. The second-order valence-corrected chi connectivity index (χ2v) is 6.98. The number of hydrogen-bond donors (Lipinski definition) is 1. The van der Waals surface area contributed by atoms with Crippen LogP contribution in [0.1, 0.15) is 25.1 Å². The van der Waals surface area contributed by atoms with Gasteiger partial charge in [0.15, 0.2) is 0 Å². The van der Waals surface area contributed by atoms with Crippen LogP contribution in [-0.2, 0) is 6.42 Å². The van der Waals surface area contributed by atoms with E-state index in [1.54, 1.807) is 0 Å².